The minimum atomic E-state index is 0.371. The van der Waals surface area contributed by atoms with E-state index in [1.165, 1.54) is 0 Å². The Hall–Kier alpha value is -0.630. The van der Waals surface area contributed by atoms with Crippen molar-refractivity contribution in [3.63, 3.8) is 0 Å². The lowest BCUT2D eigenvalue weighted by atomic mass is 10.1. The molecule has 0 saturated carbocycles. The summed E-state index contributed by atoms with van der Waals surface area (Å²) in [7, 11) is 0. The minimum absolute atomic E-state index is 0.371. The molecule has 12 heavy (non-hydrogen) atoms. The molecule has 0 aliphatic rings. The number of benzene rings is 1. The monoisotopic (exact) mass is 182 g/mol. The van der Waals surface area contributed by atoms with Crippen LogP contribution < -0.4 is 0 Å². The van der Waals surface area contributed by atoms with Crippen LogP contribution in [0.15, 0.2) is 23.1 Å². The Labute approximate surface area is 78.8 Å². The van der Waals surface area contributed by atoms with E-state index in [9.17, 15) is 5.11 Å². The molecule has 0 aliphatic carbocycles. The molecule has 1 rings (SSSR count). The highest BCUT2D eigenvalue weighted by molar-refractivity contribution is 7.80. The summed E-state index contributed by atoms with van der Waals surface area (Å²) in [6.45, 7) is 2.14. The zero-order chi connectivity index (χ0) is 8.97. The van der Waals surface area contributed by atoms with Gasteiger partial charge in [-0.05, 0) is 25.0 Å². The van der Waals surface area contributed by atoms with E-state index in [4.69, 9.17) is 0 Å². The van der Waals surface area contributed by atoms with Gasteiger partial charge in [-0.15, -0.1) is 12.6 Å². The minimum Gasteiger partial charge on any atom is -0.508 e. The van der Waals surface area contributed by atoms with Crippen molar-refractivity contribution in [2.75, 3.05) is 0 Å². The Morgan fingerprint density at radius 2 is 2.17 bits per heavy atom. The van der Waals surface area contributed by atoms with Gasteiger partial charge in [0.25, 0.3) is 0 Å². The molecule has 0 bridgehead atoms. The summed E-state index contributed by atoms with van der Waals surface area (Å²) in [6.07, 6.45) is 3.16. The van der Waals surface area contributed by atoms with Gasteiger partial charge in [0.2, 0.25) is 0 Å². The van der Waals surface area contributed by atoms with Crippen LogP contribution in [-0.2, 0) is 6.42 Å². The molecule has 1 aromatic rings. The van der Waals surface area contributed by atoms with E-state index in [-0.39, 0.29) is 0 Å². The molecule has 0 heterocycles. The molecule has 1 aromatic carbocycles. The number of thiol groups is 1. The summed E-state index contributed by atoms with van der Waals surface area (Å²) in [5.74, 6) is 0.371. The lowest BCUT2D eigenvalue weighted by molar-refractivity contribution is 0.464. The number of aromatic hydroxyl groups is 1. The molecule has 0 aromatic heterocycles. The second-order valence-electron chi connectivity index (χ2n) is 2.88. The largest absolute Gasteiger partial charge is 0.508 e. The summed E-state index contributed by atoms with van der Waals surface area (Å²) in [5.41, 5.74) is 0.975. The topological polar surface area (TPSA) is 20.2 Å². The van der Waals surface area contributed by atoms with Gasteiger partial charge in [0.05, 0.1) is 0 Å². The lowest BCUT2D eigenvalue weighted by Crippen LogP contribution is -1.87. The second kappa shape index (κ2) is 4.41. The first kappa shape index (κ1) is 9.46. The van der Waals surface area contributed by atoms with E-state index in [1.807, 2.05) is 12.1 Å². The van der Waals surface area contributed by atoms with Crippen molar-refractivity contribution in [1.82, 2.24) is 0 Å². The van der Waals surface area contributed by atoms with Crippen LogP contribution in [0, 0.1) is 0 Å². The molecule has 0 fully saturated rings. The Kier molecular flexibility index (Phi) is 3.48. The van der Waals surface area contributed by atoms with Crippen LogP contribution in [0.2, 0.25) is 0 Å². The van der Waals surface area contributed by atoms with E-state index in [1.54, 1.807) is 6.07 Å². The fraction of sp³-hybridized carbons (Fsp3) is 0.400. The van der Waals surface area contributed by atoms with Gasteiger partial charge in [0.1, 0.15) is 5.75 Å². The van der Waals surface area contributed by atoms with E-state index in [0.717, 1.165) is 29.7 Å². The van der Waals surface area contributed by atoms with Crippen molar-refractivity contribution in [2.45, 2.75) is 31.1 Å². The molecular weight excluding hydrogens is 168 g/mol. The number of rotatable bonds is 3. The maximum atomic E-state index is 9.47. The van der Waals surface area contributed by atoms with Crippen LogP contribution in [-0.4, -0.2) is 5.11 Å². The Balaban J connectivity index is 2.81. The first-order chi connectivity index (χ1) is 5.75. The van der Waals surface area contributed by atoms with Gasteiger partial charge in [-0.25, -0.2) is 0 Å². The van der Waals surface area contributed by atoms with Crippen LogP contribution in [0.3, 0.4) is 0 Å². The lowest BCUT2D eigenvalue weighted by Gasteiger charge is -2.05. The number of phenolic OH excluding ortho intramolecular Hbond substituents is 1. The van der Waals surface area contributed by atoms with Crippen LogP contribution in [0.4, 0.5) is 0 Å². The van der Waals surface area contributed by atoms with Crippen LogP contribution in [0.5, 0.6) is 5.75 Å². The normalized spacial score (nSPS) is 10.2. The predicted molar refractivity (Wildman–Crippen MR) is 54.0 cm³/mol. The average Bonchev–Trinajstić information content (AvgIpc) is 2.04. The third-order valence-corrected chi connectivity index (χ3v) is 2.33. The maximum absolute atomic E-state index is 9.47. The first-order valence-electron chi connectivity index (χ1n) is 4.25. The van der Waals surface area contributed by atoms with Crippen LogP contribution >= 0.6 is 12.6 Å². The predicted octanol–water partition coefficient (Wildman–Crippen LogP) is 3.02. The van der Waals surface area contributed by atoms with E-state index in [2.05, 4.69) is 19.6 Å². The molecule has 0 radical (unpaired) electrons. The highest BCUT2D eigenvalue weighted by Gasteiger charge is 2.03. The summed E-state index contributed by atoms with van der Waals surface area (Å²) in [5, 5.41) is 9.47. The van der Waals surface area contributed by atoms with Gasteiger partial charge < -0.3 is 5.11 Å². The zero-order valence-electron chi connectivity index (χ0n) is 7.25. The van der Waals surface area contributed by atoms with Crippen molar-refractivity contribution < 1.29 is 5.11 Å². The second-order valence-corrected chi connectivity index (χ2v) is 3.36. The van der Waals surface area contributed by atoms with Crippen LogP contribution in [0.1, 0.15) is 25.3 Å². The Bertz CT molecular complexity index is 238. The molecule has 1 N–H and O–H groups in total. The van der Waals surface area contributed by atoms with Crippen molar-refractivity contribution >= 4 is 12.6 Å². The molecule has 66 valence electrons. The molecule has 2 heteroatoms. The Morgan fingerprint density at radius 3 is 2.75 bits per heavy atom. The van der Waals surface area contributed by atoms with Gasteiger partial charge in [-0.2, -0.15) is 0 Å². The highest BCUT2D eigenvalue weighted by atomic mass is 32.1. The molecule has 0 amide bonds. The molecule has 0 atom stereocenters. The van der Waals surface area contributed by atoms with Crippen molar-refractivity contribution in [3.8, 4) is 5.75 Å². The summed E-state index contributed by atoms with van der Waals surface area (Å²) < 4.78 is 0. The smallest absolute Gasteiger partial charge is 0.119 e. The number of unbranched alkanes of at least 4 members (excludes halogenated alkanes) is 1. The summed E-state index contributed by atoms with van der Waals surface area (Å²) in [4.78, 5) is 0.892. The summed E-state index contributed by atoms with van der Waals surface area (Å²) in [6, 6.07) is 5.44. The number of hydrogen-bond donors (Lipinski definition) is 2. The van der Waals surface area contributed by atoms with Crippen molar-refractivity contribution in [2.24, 2.45) is 0 Å². The van der Waals surface area contributed by atoms with Gasteiger partial charge in [-0.3, -0.25) is 0 Å². The number of hydrogen-bond acceptors (Lipinski definition) is 2. The quantitative estimate of drug-likeness (QED) is 0.688. The SMILES string of the molecule is CCCCc1c(O)cccc1S. The average molecular weight is 182 g/mol. The van der Waals surface area contributed by atoms with Crippen LogP contribution in [0.25, 0.3) is 0 Å². The third-order valence-electron chi connectivity index (χ3n) is 1.91. The highest BCUT2D eigenvalue weighted by Crippen LogP contribution is 2.25. The first-order valence-corrected chi connectivity index (χ1v) is 4.70. The molecule has 0 spiro atoms. The van der Waals surface area contributed by atoms with Gasteiger partial charge in [0, 0.05) is 10.5 Å². The fourth-order valence-electron chi connectivity index (χ4n) is 1.17. The van der Waals surface area contributed by atoms with E-state index < -0.39 is 0 Å². The molecule has 0 unspecified atom stereocenters. The van der Waals surface area contributed by atoms with Gasteiger partial charge in [0.15, 0.2) is 0 Å². The van der Waals surface area contributed by atoms with E-state index in [0.29, 0.717) is 5.75 Å². The van der Waals surface area contributed by atoms with Crippen molar-refractivity contribution in [1.29, 1.82) is 0 Å². The number of phenols is 1. The molecule has 0 aliphatic heterocycles. The van der Waals surface area contributed by atoms with Gasteiger partial charge >= 0.3 is 0 Å². The van der Waals surface area contributed by atoms with Gasteiger partial charge in [-0.1, -0.05) is 19.4 Å². The standard InChI is InChI=1S/C10H14OS/c1-2-3-5-8-9(11)6-4-7-10(8)12/h4,6-7,11-12H,2-3,5H2,1H3. The molecular formula is C10H14OS. The third kappa shape index (κ3) is 2.18. The van der Waals surface area contributed by atoms with Crippen molar-refractivity contribution in [3.05, 3.63) is 23.8 Å². The fourth-order valence-corrected chi connectivity index (χ4v) is 1.48. The zero-order valence-corrected chi connectivity index (χ0v) is 8.14. The molecule has 0 saturated heterocycles. The summed E-state index contributed by atoms with van der Waals surface area (Å²) >= 11 is 4.28. The Morgan fingerprint density at radius 1 is 1.42 bits per heavy atom. The molecule has 1 nitrogen and oxygen atoms in total. The maximum Gasteiger partial charge on any atom is 0.119 e. The van der Waals surface area contributed by atoms with E-state index >= 15 is 0 Å².